The number of hydrogen-bond acceptors (Lipinski definition) is 7. The molecule has 0 fully saturated rings. The fourth-order valence-electron chi connectivity index (χ4n) is 4.36. The van der Waals surface area contributed by atoms with Crippen molar-refractivity contribution < 1.29 is 28.6 Å². The first kappa shape index (κ1) is 32.2. The standard InChI is InChI=1S/C32H30N4O6.ClH/c1-18-10-15-22(35-30(33)26-23(31(34)38)17-25(40-2)28(41-3)29(26)42-4)16-24(18)36-32(39)21-13-11-20(12-14-21)27(37)19-8-6-5-7-9-19;/h5-17H,1-4H3,(H2,33,35)(H2,34,38)(H,36,39);1H. The lowest BCUT2D eigenvalue weighted by Gasteiger charge is -2.20. The molecule has 0 bridgehead atoms. The van der Waals surface area contributed by atoms with E-state index in [9.17, 15) is 14.4 Å². The van der Waals surface area contributed by atoms with Gasteiger partial charge in [0.05, 0.1) is 32.5 Å². The Morgan fingerprint density at radius 2 is 1.35 bits per heavy atom. The molecule has 4 rings (SSSR count). The average Bonchev–Trinajstić information content (AvgIpc) is 3.01. The highest BCUT2D eigenvalue weighted by molar-refractivity contribution is 6.16. The molecule has 0 aliphatic carbocycles. The van der Waals surface area contributed by atoms with E-state index in [-0.39, 0.29) is 58.3 Å². The summed E-state index contributed by atoms with van der Waals surface area (Å²) in [5.74, 6) is -0.979. The highest BCUT2D eigenvalue weighted by Crippen LogP contribution is 2.42. The van der Waals surface area contributed by atoms with Crippen molar-refractivity contribution in [2.45, 2.75) is 6.92 Å². The van der Waals surface area contributed by atoms with Crippen LogP contribution < -0.4 is 30.6 Å². The number of nitrogens with one attached hydrogen (secondary N) is 3. The number of carbonyl (C=O) groups is 3. The van der Waals surface area contributed by atoms with Gasteiger partial charge in [-0.2, -0.15) is 0 Å². The Bertz CT molecular complexity index is 1670. The van der Waals surface area contributed by atoms with Gasteiger partial charge < -0.3 is 30.6 Å². The van der Waals surface area contributed by atoms with Crippen LogP contribution in [0.2, 0.25) is 0 Å². The highest BCUT2D eigenvalue weighted by Gasteiger charge is 2.26. The van der Waals surface area contributed by atoms with Crippen molar-refractivity contribution in [3.8, 4) is 17.2 Å². The van der Waals surface area contributed by atoms with E-state index in [2.05, 4.69) is 10.6 Å². The summed E-state index contributed by atoms with van der Waals surface area (Å²) in [6, 6.07) is 21.9. The van der Waals surface area contributed by atoms with Crippen LogP contribution in [0.1, 0.15) is 47.8 Å². The van der Waals surface area contributed by atoms with Crippen LogP contribution in [0.5, 0.6) is 17.2 Å². The van der Waals surface area contributed by atoms with Crippen LogP contribution in [0.25, 0.3) is 0 Å². The minimum absolute atomic E-state index is 0. The second-order valence-corrected chi connectivity index (χ2v) is 9.19. The smallest absolute Gasteiger partial charge is 0.255 e. The van der Waals surface area contributed by atoms with E-state index in [1.165, 1.54) is 27.4 Å². The number of carbonyl (C=O) groups excluding carboxylic acids is 3. The summed E-state index contributed by atoms with van der Waals surface area (Å²) in [4.78, 5) is 38.0. The van der Waals surface area contributed by atoms with Crippen LogP contribution in [-0.2, 0) is 0 Å². The molecule has 0 aliphatic rings. The average molecular weight is 603 g/mol. The Morgan fingerprint density at radius 1 is 0.744 bits per heavy atom. The zero-order valence-electron chi connectivity index (χ0n) is 23.9. The molecule has 4 aromatic rings. The van der Waals surface area contributed by atoms with E-state index in [1.54, 1.807) is 66.7 Å². The maximum Gasteiger partial charge on any atom is 0.255 e. The van der Waals surface area contributed by atoms with Crippen LogP contribution in [0.15, 0.2) is 78.9 Å². The summed E-state index contributed by atoms with van der Waals surface area (Å²) in [6.07, 6.45) is 0. The molecular weight excluding hydrogens is 572 g/mol. The van der Waals surface area contributed by atoms with Crippen LogP contribution in [0.3, 0.4) is 0 Å². The van der Waals surface area contributed by atoms with E-state index < -0.39 is 5.91 Å². The van der Waals surface area contributed by atoms with Crippen molar-refractivity contribution in [1.29, 1.82) is 5.41 Å². The third-order valence-electron chi connectivity index (χ3n) is 6.55. The molecule has 0 aromatic heterocycles. The van der Waals surface area contributed by atoms with Crippen molar-refractivity contribution >= 4 is 47.2 Å². The van der Waals surface area contributed by atoms with Crippen molar-refractivity contribution in [2.75, 3.05) is 32.0 Å². The molecule has 11 heteroatoms. The number of nitrogens with two attached hydrogens (primary N) is 1. The molecule has 0 aliphatic heterocycles. The molecule has 10 nitrogen and oxygen atoms in total. The Labute approximate surface area is 255 Å². The number of amides is 2. The molecule has 0 unspecified atom stereocenters. The Hall–Kier alpha value is -5.35. The molecule has 0 spiro atoms. The molecule has 4 aromatic carbocycles. The third-order valence-corrected chi connectivity index (χ3v) is 6.55. The summed E-state index contributed by atoms with van der Waals surface area (Å²) < 4.78 is 16.2. The molecule has 0 saturated carbocycles. The minimum Gasteiger partial charge on any atom is -0.493 e. The first-order chi connectivity index (χ1) is 20.2. The van der Waals surface area contributed by atoms with E-state index in [0.29, 0.717) is 28.1 Å². The summed E-state index contributed by atoms with van der Waals surface area (Å²) in [5, 5.41) is 14.6. The van der Waals surface area contributed by atoms with Gasteiger partial charge in [-0.3, -0.25) is 19.8 Å². The van der Waals surface area contributed by atoms with Gasteiger partial charge in [-0.05, 0) is 42.8 Å². The molecular formula is C32H31ClN4O6. The molecule has 0 saturated heterocycles. The van der Waals surface area contributed by atoms with Gasteiger partial charge in [0.2, 0.25) is 11.7 Å². The van der Waals surface area contributed by atoms with Crippen LogP contribution in [0.4, 0.5) is 11.4 Å². The fraction of sp³-hybridized carbons (Fsp3) is 0.125. The second-order valence-electron chi connectivity index (χ2n) is 9.19. The van der Waals surface area contributed by atoms with Gasteiger partial charge >= 0.3 is 0 Å². The number of amidine groups is 1. The molecule has 5 N–H and O–H groups in total. The molecule has 0 atom stereocenters. The first-order valence-corrected chi connectivity index (χ1v) is 12.8. The number of primary amides is 1. The SMILES string of the molecule is COc1cc(C(N)=O)c(C(=N)Nc2ccc(C)c(NC(=O)c3ccc(C(=O)c4ccccc4)cc3)c2)c(OC)c1OC.Cl. The summed E-state index contributed by atoms with van der Waals surface area (Å²) in [5.41, 5.74) is 8.82. The quantitative estimate of drug-likeness (QED) is 0.107. The Kier molecular flexibility index (Phi) is 10.5. The van der Waals surface area contributed by atoms with Crippen molar-refractivity contribution in [3.63, 3.8) is 0 Å². The number of ketones is 1. The van der Waals surface area contributed by atoms with Gasteiger partial charge in [-0.25, -0.2) is 0 Å². The predicted octanol–water partition coefficient (Wildman–Crippen LogP) is 5.46. The molecule has 222 valence electrons. The monoisotopic (exact) mass is 602 g/mol. The fourth-order valence-corrected chi connectivity index (χ4v) is 4.36. The highest BCUT2D eigenvalue weighted by atomic mass is 35.5. The molecule has 2 amide bonds. The number of methoxy groups -OCH3 is 3. The van der Waals surface area contributed by atoms with Gasteiger partial charge in [0.1, 0.15) is 5.84 Å². The number of halogens is 1. The van der Waals surface area contributed by atoms with Gasteiger partial charge in [-0.15, -0.1) is 12.4 Å². The first-order valence-electron chi connectivity index (χ1n) is 12.8. The zero-order valence-corrected chi connectivity index (χ0v) is 24.8. The summed E-state index contributed by atoms with van der Waals surface area (Å²) in [6.45, 7) is 1.83. The van der Waals surface area contributed by atoms with Gasteiger partial charge in [0.15, 0.2) is 17.3 Å². The van der Waals surface area contributed by atoms with Gasteiger partial charge in [0, 0.05) is 28.1 Å². The lowest BCUT2D eigenvalue weighted by Crippen LogP contribution is -2.22. The minimum atomic E-state index is -0.788. The van der Waals surface area contributed by atoms with E-state index in [1.807, 2.05) is 13.0 Å². The number of aryl methyl sites for hydroxylation is 1. The van der Waals surface area contributed by atoms with E-state index in [4.69, 9.17) is 25.4 Å². The largest absolute Gasteiger partial charge is 0.493 e. The van der Waals surface area contributed by atoms with E-state index >= 15 is 0 Å². The van der Waals surface area contributed by atoms with Crippen LogP contribution in [-0.4, -0.2) is 44.8 Å². The van der Waals surface area contributed by atoms with Crippen molar-refractivity contribution in [3.05, 3.63) is 112 Å². The normalized spacial score (nSPS) is 10.1. The lowest BCUT2D eigenvalue weighted by molar-refractivity contribution is 0.0996. The van der Waals surface area contributed by atoms with E-state index in [0.717, 1.165) is 5.56 Å². The number of benzene rings is 4. The van der Waals surface area contributed by atoms with Gasteiger partial charge in [0.25, 0.3) is 5.91 Å². The topological polar surface area (TPSA) is 153 Å². The van der Waals surface area contributed by atoms with Crippen LogP contribution >= 0.6 is 12.4 Å². The zero-order chi connectivity index (χ0) is 30.4. The van der Waals surface area contributed by atoms with Gasteiger partial charge in [-0.1, -0.05) is 48.5 Å². The number of ether oxygens (including phenoxy) is 3. The second kappa shape index (κ2) is 14.0. The number of hydrogen-bond donors (Lipinski definition) is 4. The summed E-state index contributed by atoms with van der Waals surface area (Å²) in [7, 11) is 4.20. The molecule has 0 heterocycles. The predicted molar refractivity (Wildman–Crippen MR) is 168 cm³/mol. The Morgan fingerprint density at radius 3 is 1.93 bits per heavy atom. The maximum absolute atomic E-state index is 13.1. The van der Waals surface area contributed by atoms with Crippen LogP contribution in [0, 0.1) is 12.3 Å². The molecule has 43 heavy (non-hydrogen) atoms. The maximum atomic E-state index is 13.1. The number of rotatable bonds is 10. The number of anilines is 2. The lowest BCUT2D eigenvalue weighted by atomic mass is 10.0. The van der Waals surface area contributed by atoms with Crippen molar-refractivity contribution in [2.24, 2.45) is 5.73 Å². The molecule has 0 radical (unpaired) electrons. The Balaban J connectivity index is 0.00000506. The third kappa shape index (κ3) is 6.94. The summed E-state index contributed by atoms with van der Waals surface area (Å²) >= 11 is 0. The van der Waals surface area contributed by atoms with Crippen molar-refractivity contribution in [1.82, 2.24) is 0 Å².